The number of rotatable bonds is 3. The van der Waals surface area contributed by atoms with E-state index >= 15 is 0 Å². The molecule has 3 rings (SSSR count). The lowest BCUT2D eigenvalue weighted by molar-refractivity contribution is 0.894. The number of benzene rings is 1. The summed E-state index contributed by atoms with van der Waals surface area (Å²) in [6.07, 6.45) is 1.78. The third kappa shape index (κ3) is 2.56. The highest BCUT2D eigenvalue weighted by molar-refractivity contribution is 7.13. The molecule has 0 aliphatic heterocycles. The van der Waals surface area contributed by atoms with E-state index in [-0.39, 0.29) is 6.04 Å². The van der Waals surface area contributed by atoms with E-state index in [4.69, 9.17) is 0 Å². The summed E-state index contributed by atoms with van der Waals surface area (Å²) >= 11 is 1.58. The topological polar surface area (TPSA) is 74.5 Å². The first kappa shape index (κ1) is 13.5. The molecule has 0 bridgehead atoms. The van der Waals surface area contributed by atoms with Crippen LogP contribution in [0.15, 0.2) is 29.8 Å². The van der Waals surface area contributed by atoms with Gasteiger partial charge in [0.1, 0.15) is 11.1 Å². The number of nitriles is 1. The summed E-state index contributed by atoms with van der Waals surface area (Å²) in [6.45, 7) is 4.05. The third-order valence-corrected chi connectivity index (χ3v) is 3.80. The zero-order valence-electron chi connectivity index (χ0n) is 11.7. The van der Waals surface area contributed by atoms with Gasteiger partial charge in [0.15, 0.2) is 5.69 Å². The number of nitrogens with zero attached hydrogens (tertiary/aromatic N) is 4. The predicted octanol–water partition coefficient (Wildman–Crippen LogP) is 3.45. The van der Waals surface area contributed by atoms with E-state index in [0.717, 1.165) is 27.2 Å². The molecule has 0 radical (unpaired) electrons. The first-order valence-electron chi connectivity index (χ1n) is 6.56. The number of anilines is 1. The Morgan fingerprint density at radius 3 is 2.81 bits per heavy atom. The molecule has 3 aromatic rings. The number of aromatic nitrogens is 3. The van der Waals surface area contributed by atoms with Crippen LogP contribution in [0.4, 0.5) is 5.69 Å². The molecule has 5 nitrogen and oxygen atoms in total. The number of thiazole rings is 1. The summed E-state index contributed by atoms with van der Waals surface area (Å²) in [5.41, 5.74) is 2.82. The van der Waals surface area contributed by atoms with Crippen molar-refractivity contribution in [2.75, 3.05) is 5.32 Å². The van der Waals surface area contributed by atoms with Crippen LogP contribution in [0.1, 0.15) is 19.5 Å². The van der Waals surface area contributed by atoms with Crippen molar-refractivity contribution in [3.8, 4) is 16.6 Å². The highest BCUT2D eigenvalue weighted by Crippen LogP contribution is 2.30. The molecule has 0 amide bonds. The fourth-order valence-corrected chi connectivity index (χ4v) is 2.75. The van der Waals surface area contributed by atoms with Crippen LogP contribution < -0.4 is 5.32 Å². The van der Waals surface area contributed by atoms with Crippen molar-refractivity contribution in [3.63, 3.8) is 0 Å². The molecule has 0 atom stereocenters. The molecule has 0 fully saturated rings. The molecule has 0 saturated carbocycles. The molecule has 2 heterocycles. The number of hydrogen-bond donors (Lipinski definition) is 1. The van der Waals surface area contributed by atoms with Crippen LogP contribution in [-0.4, -0.2) is 21.2 Å². The van der Waals surface area contributed by atoms with Gasteiger partial charge in [0, 0.05) is 28.6 Å². The molecule has 2 aromatic heterocycles. The number of nitrogens with one attached hydrogen (secondary N) is 1. The van der Waals surface area contributed by atoms with Crippen LogP contribution in [0.25, 0.3) is 21.5 Å². The van der Waals surface area contributed by atoms with E-state index in [1.165, 1.54) is 0 Å². The van der Waals surface area contributed by atoms with E-state index in [2.05, 4.69) is 26.6 Å². The summed E-state index contributed by atoms with van der Waals surface area (Å²) in [5.74, 6) is 0. The molecular weight excluding hydrogens is 282 g/mol. The maximum Gasteiger partial charge on any atom is 0.186 e. The monoisotopic (exact) mass is 295 g/mol. The zero-order valence-corrected chi connectivity index (χ0v) is 12.5. The van der Waals surface area contributed by atoms with E-state index in [1.807, 2.05) is 37.4 Å². The van der Waals surface area contributed by atoms with Crippen LogP contribution >= 0.6 is 11.3 Å². The molecule has 104 valence electrons. The zero-order chi connectivity index (χ0) is 14.8. The largest absolute Gasteiger partial charge is 0.380 e. The Labute approximate surface area is 126 Å². The van der Waals surface area contributed by atoms with Crippen LogP contribution in [0.5, 0.6) is 0 Å². The van der Waals surface area contributed by atoms with E-state index in [0.29, 0.717) is 5.69 Å². The Bertz CT molecular complexity index is 818. The Morgan fingerprint density at radius 1 is 1.29 bits per heavy atom. The molecule has 0 spiro atoms. The van der Waals surface area contributed by atoms with Crippen LogP contribution in [-0.2, 0) is 0 Å². The van der Waals surface area contributed by atoms with Gasteiger partial charge in [0.2, 0.25) is 0 Å². The number of fused-ring (bicyclic) bond motifs is 1. The summed E-state index contributed by atoms with van der Waals surface area (Å²) < 4.78 is 0. The molecule has 0 saturated heterocycles. The number of hydrogen-bond acceptors (Lipinski definition) is 6. The standard InChI is InChI=1S/C15H13N5S/c1-9(2)18-14-11-7-10(15-17-5-6-21-15)3-4-12(11)19-20-13(14)8-16/h3-7,9H,1-2H3,(H,18,19). The van der Waals surface area contributed by atoms with E-state index < -0.39 is 0 Å². The second-order valence-electron chi connectivity index (χ2n) is 4.90. The minimum absolute atomic E-state index is 0.202. The fraction of sp³-hybridized carbons (Fsp3) is 0.200. The average molecular weight is 295 g/mol. The molecule has 0 aliphatic rings. The van der Waals surface area contributed by atoms with E-state index in [9.17, 15) is 5.26 Å². The van der Waals surface area contributed by atoms with Gasteiger partial charge in [-0.05, 0) is 32.0 Å². The van der Waals surface area contributed by atoms with Crippen molar-refractivity contribution in [3.05, 3.63) is 35.5 Å². The fourth-order valence-electron chi connectivity index (χ4n) is 2.12. The molecule has 0 aliphatic carbocycles. The van der Waals surface area contributed by atoms with Gasteiger partial charge in [0.05, 0.1) is 11.2 Å². The van der Waals surface area contributed by atoms with Crippen molar-refractivity contribution in [1.82, 2.24) is 15.2 Å². The quantitative estimate of drug-likeness (QED) is 0.801. The van der Waals surface area contributed by atoms with Crippen molar-refractivity contribution >= 4 is 27.9 Å². The van der Waals surface area contributed by atoms with Gasteiger partial charge in [0.25, 0.3) is 0 Å². The molecule has 1 N–H and O–H groups in total. The van der Waals surface area contributed by atoms with Gasteiger partial charge < -0.3 is 5.32 Å². The van der Waals surface area contributed by atoms with Crippen LogP contribution in [0, 0.1) is 11.3 Å². The van der Waals surface area contributed by atoms with Gasteiger partial charge in [-0.25, -0.2) is 4.98 Å². The Hall–Kier alpha value is -2.52. The molecule has 1 aromatic carbocycles. The van der Waals surface area contributed by atoms with Gasteiger partial charge in [-0.1, -0.05) is 0 Å². The average Bonchev–Trinajstić information content (AvgIpc) is 3.01. The molecule has 21 heavy (non-hydrogen) atoms. The predicted molar refractivity (Wildman–Crippen MR) is 84.1 cm³/mol. The van der Waals surface area contributed by atoms with Crippen molar-refractivity contribution in [2.24, 2.45) is 0 Å². The third-order valence-electron chi connectivity index (χ3n) is 2.98. The van der Waals surface area contributed by atoms with Gasteiger partial charge in [-0.15, -0.1) is 21.5 Å². The smallest absolute Gasteiger partial charge is 0.186 e. The van der Waals surface area contributed by atoms with E-state index in [1.54, 1.807) is 17.5 Å². The van der Waals surface area contributed by atoms with Crippen molar-refractivity contribution in [1.29, 1.82) is 5.26 Å². The van der Waals surface area contributed by atoms with Gasteiger partial charge in [-0.3, -0.25) is 0 Å². The lowest BCUT2D eigenvalue weighted by Gasteiger charge is -2.13. The van der Waals surface area contributed by atoms with Crippen LogP contribution in [0.2, 0.25) is 0 Å². The lowest BCUT2D eigenvalue weighted by atomic mass is 10.1. The highest BCUT2D eigenvalue weighted by atomic mass is 32.1. The van der Waals surface area contributed by atoms with Gasteiger partial charge >= 0.3 is 0 Å². The Balaban J connectivity index is 2.24. The minimum Gasteiger partial charge on any atom is -0.380 e. The minimum atomic E-state index is 0.202. The summed E-state index contributed by atoms with van der Waals surface area (Å²) in [7, 11) is 0. The Morgan fingerprint density at radius 2 is 2.14 bits per heavy atom. The SMILES string of the molecule is CC(C)Nc1c(C#N)nnc2ccc(-c3nccs3)cc12. The lowest BCUT2D eigenvalue weighted by Crippen LogP contribution is -2.12. The first-order chi connectivity index (χ1) is 10.2. The second kappa shape index (κ2) is 5.46. The normalized spacial score (nSPS) is 10.8. The van der Waals surface area contributed by atoms with Crippen molar-refractivity contribution < 1.29 is 0 Å². The maximum absolute atomic E-state index is 9.24. The first-order valence-corrected chi connectivity index (χ1v) is 7.44. The highest BCUT2D eigenvalue weighted by Gasteiger charge is 2.13. The second-order valence-corrected chi connectivity index (χ2v) is 5.80. The molecule has 0 unspecified atom stereocenters. The Kier molecular flexibility index (Phi) is 3.50. The summed E-state index contributed by atoms with van der Waals surface area (Å²) in [5, 5.41) is 24.4. The van der Waals surface area contributed by atoms with Crippen LogP contribution in [0.3, 0.4) is 0 Å². The van der Waals surface area contributed by atoms with Crippen molar-refractivity contribution in [2.45, 2.75) is 19.9 Å². The summed E-state index contributed by atoms with van der Waals surface area (Å²) in [4.78, 5) is 4.32. The van der Waals surface area contributed by atoms with Gasteiger partial charge in [-0.2, -0.15) is 5.26 Å². The maximum atomic E-state index is 9.24. The molecule has 6 heteroatoms. The molecular formula is C15H13N5S. The summed E-state index contributed by atoms with van der Waals surface area (Å²) in [6, 6.07) is 8.19.